The van der Waals surface area contributed by atoms with E-state index in [1.54, 1.807) is 31.5 Å². The van der Waals surface area contributed by atoms with Crippen LogP contribution in [0.25, 0.3) is 0 Å². The van der Waals surface area contributed by atoms with E-state index >= 15 is 0 Å². The molecule has 0 aliphatic heterocycles. The van der Waals surface area contributed by atoms with Gasteiger partial charge in [-0.25, -0.2) is 13.2 Å². The molecule has 0 unspecified atom stereocenters. The van der Waals surface area contributed by atoms with E-state index in [1.165, 1.54) is 30.4 Å². The number of carboxylic acids is 1. The third kappa shape index (κ3) is 3.43. The number of aromatic nitrogens is 1. The van der Waals surface area contributed by atoms with Gasteiger partial charge in [0.2, 0.25) is 10.0 Å². The van der Waals surface area contributed by atoms with Crippen molar-refractivity contribution < 1.29 is 18.3 Å². The quantitative estimate of drug-likeness (QED) is 0.876. The number of hydrogen-bond acceptors (Lipinski definition) is 4. The molecule has 0 radical (unpaired) electrons. The monoisotopic (exact) mass is 368 g/mol. The molecule has 6 nitrogen and oxygen atoms in total. The molecule has 0 spiro atoms. The summed E-state index contributed by atoms with van der Waals surface area (Å²) in [7, 11) is -2.48. The Kier molecular flexibility index (Phi) is 5.27. The molecule has 0 bridgehead atoms. The fraction of sp³-hybridized carbons (Fsp3) is 0.250. The van der Waals surface area contributed by atoms with Gasteiger partial charge in [-0.05, 0) is 49.2 Å². The van der Waals surface area contributed by atoms with Gasteiger partial charge in [-0.3, -0.25) is 4.98 Å². The normalized spacial score (nSPS) is 13.0. The molecule has 0 saturated heterocycles. The first kappa shape index (κ1) is 18.4. The topological polar surface area (TPSA) is 87.6 Å². The molecule has 1 aromatic carbocycles. The van der Waals surface area contributed by atoms with Crippen LogP contribution >= 0.6 is 11.6 Å². The summed E-state index contributed by atoms with van der Waals surface area (Å²) in [6, 6.07) is 5.51. The van der Waals surface area contributed by atoms with Crippen molar-refractivity contribution in [2.45, 2.75) is 24.8 Å². The molecule has 1 heterocycles. The zero-order chi connectivity index (χ0) is 18.1. The van der Waals surface area contributed by atoms with Crippen molar-refractivity contribution in [3.63, 3.8) is 0 Å². The Morgan fingerprint density at radius 1 is 1.29 bits per heavy atom. The first-order valence-corrected chi connectivity index (χ1v) is 8.89. The van der Waals surface area contributed by atoms with Gasteiger partial charge in [0.1, 0.15) is 0 Å². The van der Waals surface area contributed by atoms with Crippen molar-refractivity contribution in [3.05, 3.63) is 58.4 Å². The van der Waals surface area contributed by atoms with Crippen LogP contribution in [-0.2, 0) is 10.0 Å². The maximum absolute atomic E-state index is 13.0. The number of nitrogens with zero attached hydrogens (tertiary/aromatic N) is 2. The smallest absolute Gasteiger partial charge is 0.336 e. The van der Waals surface area contributed by atoms with Gasteiger partial charge in [0.15, 0.2) is 0 Å². The second-order valence-corrected chi connectivity index (χ2v) is 7.76. The van der Waals surface area contributed by atoms with E-state index in [0.29, 0.717) is 0 Å². The highest BCUT2D eigenvalue weighted by molar-refractivity contribution is 7.89. The fourth-order valence-corrected chi connectivity index (χ4v) is 4.26. The highest BCUT2D eigenvalue weighted by Crippen LogP contribution is 2.30. The lowest BCUT2D eigenvalue weighted by Gasteiger charge is -2.25. The zero-order valence-electron chi connectivity index (χ0n) is 13.4. The van der Waals surface area contributed by atoms with E-state index in [4.69, 9.17) is 11.6 Å². The van der Waals surface area contributed by atoms with Gasteiger partial charge in [0.05, 0.1) is 10.5 Å². The Bertz CT molecular complexity index is 869. The minimum atomic E-state index is -3.93. The van der Waals surface area contributed by atoms with Crippen LogP contribution in [0.4, 0.5) is 0 Å². The number of halogens is 1. The minimum Gasteiger partial charge on any atom is -0.478 e. The first-order chi connectivity index (χ1) is 11.2. The Hall–Kier alpha value is -1.96. The average molecular weight is 369 g/mol. The number of pyridine rings is 1. The lowest BCUT2D eigenvalue weighted by atomic mass is 10.1. The van der Waals surface area contributed by atoms with Crippen LogP contribution in [0.2, 0.25) is 5.02 Å². The van der Waals surface area contributed by atoms with Gasteiger partial charge in [0, 0.05) is 30.5 Å². The van der Waals surface area contributed by atoms with Crippen molar-refractivity contribution in [1.82, 2.24) is 9.29 Å². The van der Waals surface area contributed by atoms with Crippen LogP contribution < -0.4 is 0 Å². The molecule has 2 rings (SSSR count). The third-order valence-corrected chi connectivity index (χ3v) is 6.22. The van der Waals surface area contributed by atoms with Crippen LogP contribution in [0.15, 0.2) is 41.6 Å². The van der Waals surface area contributed by atoms with E-state index in [9.17, 15) is 18.3 Å². The summed E-state index contributed by atoms with van der Waals surface area (Å²) in [4.78, 5) is 15.1. The minimum absolute atomic E-state index is 0.0570. The van der Waals surface area contributed by atoms with E-state index in [-0.39, 0.29) is 21.0 Å². The molecule has 128 valence electrons. The SMILES string of the molecule is Cc1c(C(=O)O)cc(Cl)cc1S(=O)(=O)N(C)[C@H](C)c1ccncc1. The predicted molar refractivity (Wildman–Crippen MR) is 90.7 cm³/mol. The molecular formula is C16H17ClN2O4S. The molecule has 8 heteroatoms. The highest BCUT2D eigenvalue weighted by atomic mass is 35.5. The summed E-state index contributed by atoms with van der Waals surface area (Å²) >= 11 is 5.92. The summed E-state index contributed by atoms with van der Waals surface area (Å²) in [6.45, 7) is 3.20. The average Bonchev–Trinajstić information content (AvgIpc) is 2.55. The molecule has 0 amide bonds. The van der Waals surface area contributed by atoms with Crippen LogP contribution in [0, 0.1) is 6.92 Å². The number of carbonyl (C=O) groups is 1. The van der Waals surface area contributed by atoms with E-state index in [1.807, 2.05) is 0 Å². The van der Waals surface area contributed by atoms with Gasteiger partial charge in [-0.2, -0.15) is 4.31 Å². The summed E-state index contributed by atoms with van der Waals surface area (Å²) in [5.41, 5.74) is 0.793. The molecule has 0 fully saturated rings. The predicted octanol–water partition coefficient (Wildman–Crippen LogP) is 3.12. The summed E-state index contributed by atoms with van der Waals surface area (Å²) in [5.74, 6) is -1.23. The zero-order valence-corrected chi connectivity index (χ0v) is 15.0. The van der Waals surface area contributed by atoms with Gasteiger partial charge in [-0.1, -0.05) is 11.6 Å². The van der Waals surface area contributed by atoms with Crippen LogP contribution in [0.1, 0.15) is 34.5 Å². The Balaban J connectivity index is 2.53. The third-order valence-electron chi connectivity index (χ3n) is 3.95. The van der Waals surface area contributed by atoms with Crippen molar-refractivity contribution in [3.8, 4) is 0 Å². The standard InChI is InChI=1S/C16H17ClN2O4S/c1-10-14(16(20)21)8-13(17)9-15(10)24(22,23)19(3)11(2)12-4-6-18-7-5-12/h4-9,11H,1-3H3,(H,20,21)/t11-/m1/s1. The van der Waals surface area contributed by atoms with Crippen LogP contribution in [0.3, 0.4) is 0 Å². The Morgan fingerprint density at radius 3 is 2.42 bits per heavy atom. The van der Waals surface area contributed by atoms with Gasteiger partial charge >= 0.3 is 5.97 Å². The molecular weight excluding hydrogens is 352 g/mol. The van der Waals surface area contributed by atoms with Crippen molar-refractivity contribution in [2.24, 2.45) is 0 Å². The van der Waals surface area contributed by atoms with Crippen molar-refractivity contribution in [1.29, 1.82) is 0 Å². The molecule has 0 saturated carbocycles. The van der Waals surface area contributed by atoms with Gasteiger partial charge in [0.25, 0.3) is 0 Å². The molecule has 0 aliphatic carbocycles. The molecule has 0 aliphatic rings. The van der Waals surface area contributed by atoms with E-state index < -0.39 is 22.0 Å². The van der Waals surface area contributed by atoms with E-state index in [0.717, 1.165) is 5.56 Å². The largest absolute Gasteiger partial charge is 0.478 e. The summed E-state index contributed by atoms with van der Waals surface area (Å²) < 4.78 is 27.1. The molecule has 24 heavy (non-hydrogen) atoms. The van der Waals surface area contributed by atoms with Crippen molar-refractivity contribution >= 4 is 27.6 Å². The maximum Gasteiger partial charge on any atom is 0.336 e. The summed E-state index contributed by atoms with van der Waals surface area (Å²) in [6.07, 6.45) is 3.17. The lowest BCUT2D eigenvalue weighted by molar-refractivity contribution is 0.0696. The van der Waals surface area contributed by atoms with Gasteiger partial charge < -0.3 is 5.11 Å². The second-order valence-electron chi connectivity index (χ2n) is 5.36. The number of benzene rings is 1. The number of aromatic carboxylic acids is 1. The number of sulfonamides is 1. The van der Waals surface area contributed by atoms with Crippen molar-refractivity contribution in [2.75, 3.05) is 7.05 Å². The lowest BCUT2D eigenvalue weighted by Crippen LogP contribution is -2.30. The summed E-state index contributed by atoms with van der Waals surface area (Å²) in [5, 5.41) is 9.29. The molecule has 1 aromatic heterocycles. The number of rotatable bonds is 5. The maximum atomic E-state index is 13.0. The Labute approximate surface area is 145 Å². The van der Waals surface area contributed by atoms with Crippen LogP contribution in [-0.4, -0.2) is 35.8 Å². The first-order valence-electron chi connectivity index (χ1n) is 7.07. The van der Waals surface area contributed by atoms with Crippen LogP contribution in [0.5, 0.6) is 0 Å². The highest BCUT2D eigenvalue weighted by Gasteiger charge is 2.29. The second kappa shape index (κ2) is 6.88. The fourth-order valence-electron chi connectivity index (χ4n) is 2.36. The Morgan fingerprint density at radius 2 is 1.88 bits per heavy atom. The molecule has 2 aromatic rings. The molecule has 1 N–H and O–H groups in total. The number of hydrogen-bond donors (Lipinski definition) is 1. The van der Waals surface area contributed by atoms with E-state index in [2.05, 4.69) is 4.98 Å². The molecule has 1 atom stereocenters. The number of carboxylic acid groups (broad SMARTS) is 1. The van der Waals surface area contributed by atoms with Gasteiger partial charge in [-0.15, -0.1) is 0 Å².